The van der Waals surface area contributed by atoms with Crippen molar-refractivity contribution in [2.75, 3.05) is 40.3 Å². The van der Waals surface area contributed by atoms with Gasteiger partial charge in [-0.1, -0.05) is 0 Å². The van der Waals surface area contributed by atoms with Crippen LogP contribution in [0, 0.1) is 5.92 Å². The average Bonchev–Trinajstić information content (AvgIpc) is 2.20. The van der Waals surface area contributed by atoms with Gasteiger partial charge in [-0.2, -0.15) is 0 Å². The highest BCUT2D eigenvalue weighted by atomic mass is 16.4. The maximum absolute atomic E-state index is 10.9. The van der Waals surface area contributed by atoms with Crippen LogP contribution < -0.4 is 5.73 Å². The third-order valence-electron chi connectivity index (χ3n) is 3.49. The maximum Gasteiger partial charge on any atom is 0.324 e. The van der Waals surface area contributed by atoms with Crippen LogP contribution in [0.3, 0.4) is 0 Å². The largest absolute Gasteiger partial charge is 0.480 e. The highest BCUT2D eigenvalue weighted by molar-refractivity contribution is 5.78. The molecule has 1 fully saturated rings. The van der Waals surface area contributed by atoms with Crippen molar-refractivity contribution in [3.05, 3.63) is 0 Å². The Morgan fingerprint density at radius 3 is 2.53 bits per heavy atom. The summed E-state index contributed by atoms with van der Waals surface area (Å²) in [7, 11) is 4.09. The van der Waals surface area contributed by atoms with Crippen molar-refractivity contribution in [2.24, 2.45) is 11.7 Å². The second kappa shape index (κ2) is 5.80. The SMILES string of the molecule is CN1CCC(CN(C)CC(C)(N)C(=O)O)CC1. The van der Waals surface area contributed by atoms with Gasteiger partial charge in [-0.25, -0.2) is 0 Å². The topological polar surface area (TPSA) is 69.8 Å². The van der Waals surface area contributed by atoms with Crippen molar-refractivity contribution in [2.45, 2.75) is 25.3 Å². The van der Waals surface area contributed by atoms with E-state index >= 15 is 0 Å². The molecule has 0 spiro atoms. The molecule has 0 amide bonds. The van der Waals surface area contributed by atoms with Gasteiger partial charge in [0.2, 0.25) is 0 Å². The molecule has 0 radical (unpaired) electrons. The maximum atomic E-state index is 10.9. The van der Waals surface area contributed by atoms with Gasteiger partial charge in [0.1, 0.15) is 5.54 Å². The van der Waals surface area contributed by atoms with Crippen LogP contribution in [0.1, 0.15) is 19.8 Å². The molecule has 1 atom stereocenters. The zero-order valence-corrected chi connectivity index (χ0v) is 11.1. The van der Waals surface area contributed by atoms with E-state index in [0.29, 0.717) is 12.5 Å². The van der Waals surface area contributed by atoms with Crippen LogP contribution in [0.4, 0.5) is 0 Å². The minimum Gasteiger partial charge on any atom is -0.480 e. The number of carbonyl (C=O) groups is 1. The smallest absolute Gasteiger partial charge is 0.324 e. The number of rotatable bonds is 5. The summed E-state index contributed by atoms with van der Waals surface area (Å²) in [5, 5.41) is 8.97. The fourth-order valence-electron chi connectivity index (χ4n) is 2.38. The Kier molecular flexibility index (Phi) is 4.91. The van der Waals surface area contributed by atoms with E-state index in [4.69, 9.17) is 10.8 Å². The number of likely N-dealkylation sites (N-methyl/N-ethyl adjacent to an activating group) is 1. The predicted molar refractivity (Wildman–Crippen MR) is 67.9 cm³/mol. The lowest BCUT2D eigenvalue weighted by Gasteiger charge is -2.33. The van der Waals surface area contributed by atoms with Crippen LogP contribution in [-0.4, -0.2) is 66.7 Å². The number of hydrogen-bond donors (Lipinski definition) is 2. The van der Waals surface area contributed by atoms with Crippen LogP contribution in [-0.2, 0) is 4.79 Å². The van der Waals surface area contributed by atoms with Gasteiger partial charge in [-0.05, 0) is 52.9 Å². The minimum atomic E-state index is -1.15. The van der Waals surface area contributed by atoms with Gasteiger partial charge < -0.3 is 20.6 Å². The van der Waals surface area contributed by atoms with Crippen LogP contribution in [0.15, 0.2) is 0 Å². The summed E-state index contributed by atoms with van der Waals surface area (Å²) in [5.41, 5.74) is 4.59. The summed E-state index contributed by atoms with van der Waals surface area (Å²) < 4.78 is 0. The summed E-state index contributed by atoms with van der Waals surface area (Å²) in [5.74, 6) is -0.270. The molecule has 1 aliphatic rings. The van der Waals surface area contributed by atoms with Crippen molar-refractivity contribution in [3.63, 3.8) is 0 Å². The summed E-state index contributed by atoms with van der Waals surface area (Å²) in [6.07, 6.45) is 2.38. The van der Waals surface area contributed by atoms with E-state index in [1.165, 1.54) is 12.8 Å². The van der Waals surface area contributed by atoms with E-state index in [-0.39, 0.29) is 0 Å². The number of nitrogens with zero attached hydrogens (tertiary/aromatic N) is 2. The van der Waals surface area contributed by atoms with Gasteiger partial charge in [0, 0.05) is 13.1 Å². The predicted octanol–water partition coefficient (Wildman–Crippen LogP) is 0.0620. The molecule has 1 heterocycles. The normalized spacial score (nSPS) is 22.6. The number of carboxylic acids is 1. The number of carboxylic acid groups (broad SMARTS) is 1. The number of piperidine rings is 1. The van der Waals surface area contributed by atoms with Gasteiger partial charge in [-0.3, -0.25) is 4.79 Å². The van der Waals surface area contributed by atoms with Crippen molar-refractivity contribution in [1.29, 1.82) is 0 Å². The minimum absolute atomic E-state index is 0.397. The summed E-state index contributed by atoms with van der Waals surface area (Å²) in [6, 6.07) is 0. The van der Waals surface area contributed by atoms with Gasteiger partial charge in [0.25, 0.3) is 0 Å². The van der Waals surface area contributed by atoms with Gasteiger partial charge in [0.15, 0.2) is 0 Å². The third kappa shape index (κ3) is 4.61. The molecule has 1 aliphatic heterocycles. The van der Waals surface area contributed by atoms with Crippen LogP contribution in [0.5, 0.6) is 0 Å². The van der Waals surface area contributed by atoms with E-state index < -0.39 is 11.5 Å². The van der Waals surface area contributed by atoms with Gasteiger partial charge in [-0.15, -0.1) is 0 Å². The quantitative estimate of drug-likeness (QED) is 0.714. The lowest BCUT2D eigenvalue weighted by Crippen LogP contribution is -2.53. The van der Waals surface area contributed by atoms with Crippen molar-refractivity contribution < 1.29 is 9.90 Å². The summed E-state index contributed by atoms with van der Waals surface area (Å²) >= 11 is 0. The fraction of sp³-hybridized carbons (Fsp3) is 0.917. The standard InChI is InChI=1S/C12H25N3O2/c1-12(13,11(16)17)9-15(3)8-10-4-6-14(2)7-5-10/h10H,4-9,13H2,1-3H3,(H,16,17). The van der Waals surface area contributed by atoms with Crippen LogP contribution in [0.25, 0.3) is 0 Å². The molecule has 0 bridgehead atoms. The lowest BCUT2D eigenvalue weighted by atomic mass is 9.95. The Bertz CT molecular complexity index is 260. The first kappa shape index (κ1) is 14.4. The van der Waals surface area contributed by atoms with E-state index in [0.717, 1.165) is 19.6 Å². The van der Waals surface area contributed by atoms with Crippen LogP contribution in [0.2, 0.25) is 0 Å². The van der Waals surface area contributed by atoms with Crippen molar-refractivity contribution in [1.82, 2.24) is 9.80 Å². The zero-order chi connectivity index (χ0) is 13.1. The highest BCUT2D eigenvalue weighted by Gasteiger charge is 2.30. The molecule has 0 aromatic carbocycles. The molecule has 0 aromatic heterocycles. The first-order chi connectivity index (χ1) is 7.81. The Hall–Kier alpha value is -0.650. The fourth-order valence-corrected chi connectivity index (χ4v) is 2.38. The molecule has 1 rings (SSSR count). The molecule has 3 N–H and O–H groups in total. The van der Waals surface area contributed by atoms with E-state index in [9.17, 15) is 4.79 Å². The Balaban J connectivity index is 2.34. The van der Waals surface area contributed by atoms with Crippen molar-refractivity contribution in [3.8, 4) is 0 Å². The number of likely N-dealkylation sites (tertiary alicyclic amines) is 1. The summed E-state index contributed by atoms with van der Waals surface area (Å²) in [6.45, 7) is 5.18. The number of hydrogen-bond acceptors (Lipinski definition) is 4. The highest BCUT2D eigenvalue weighted by Crippen LogP contribution is 2.17. The second-order valence-electron chi connectivity index (χ2n) is 5.67. The lowest BCUT2D eigenvalue weighted by molar-refractivity contribution is -0.143. The van der Waals surface area contributed by atoms with Gasteiger partial charge in [0.05, 0.1) is 0 Å². The summed E-state index contributed by atoms with van der Waals surface area (Å²) in [4.78, 5) is 15.3. The monoisotopic (exact) mass is 243 g/mol. The average molecular weight is 243 g/mol. The molecule has 0 aliphatic carbocycles. The zero-order valence-electron chi connectivity index (χ0n) is 11.1. The molecule has 5 heteroatoms. The Labute approximate surface area is 104 Å². The molecule has 0 aromatic rings. The Morgan fingerprint density at radius 2 is 2.06 bits per heavy atom. The molecule has 17 heavy (non-hydrogen) atoms. The van der Waals surface area contributed by atoms with E-state index in [1.54, 1.807) is 6.92 Å². The third-order valence-corrected chi connectivity index (χ3v) is 3.49. The molecule has 5 nitrogen and oxygen atoms in total. The molecule has 1 unspecified atom stereocenters. The van der Waals surface area contributed by atoms with E-state index in [1.807, 2.05) is 11.9 Å². The van der Waals surface area contributed by atoms with Gasteiger partial charge >= 0.3 is 5.97 Å². The van der Waals surface area contributed by atoms with Crippen molar-refractivity contribution >= 4 is 5.97 Å². The van der Waals surface area contributed by atoms with Crippen LogP contribution >= 0.6 is 0 Å². The first-order valence-electron chi connectivity index (χ1n) is 6.20. The first-order valence-corrected chi connectivity index (χ1v) is 6.20. The molecule has 0 saturated carbocycles. The molecule has 1 saturated heterocycles. The Morgan fingerprint density at radius 1 is 1.53 bits per heavy atom. The molecular weight excluding hydrogens is 218 g/mol. The van der Waals surface area contributed by atoms with E-state index in [2.05, 4.69) is 11.9 Å². The number of nitrogens with two attached hydrogens (primary N) is 1. The number of aliphatic carboxylic acids is 1. The second-order valence-corrected chi connectivity index (χ2v) is 5.67. The molecule has 100 valence electrons. The molecular formula is C12H25N3O2.